The van der Waals surface area contributed by atoms with Crippen molar-refractivity contribution in [2.75, 3.05) is 72.5 Å². The number of carbonyl (C=O) groups is 7. The second kappa shape index (κ2) is 43.0. The summed E-state index contributed by atoms with van der Waals surface area (Å²) < 4.78 is 21.3. The van der Waals surface area contributed by atoms with E-state index in [4.69, 9.17) is 29.8 Å². The minimum atomic E-state index is -1.18. The Hall–Kier alpha value is -3.71. The highest BCUT2D eigenvalue weighted by molar-refractivity contribution is 5.84. The van der Waals surface area contributed by atoms with Gasteiger partial charge in [0.05, 0.1) is 45.7 Å². The van der Waals surface area contributed by atoms with Crippen molar-refractivity contribution in [3.05, 3.63) is 0 Å². The van der Waals surface area contributed by atoms with E-state index in [2.05, 4.69) is 21.3 Å². The summed E-state index contributed by atoms with van der Waals surface area (Å²) in [6, 6.07) is -1.60. The summed E-state index contributed by atoms with van der Waals surface area (Å²) in [5.74, 6) is -3.12. The monoisotopic (exact) mass is 874 g/mol. The first kappa shape index (κ1) is 57.3. The third-order valence-corrected chi connectivity index (χ3v) is 9.65. The molecular weight excluding hydrogens is 794 g/mol. The second-order valence-electron chi connectivity index (χ2n) is 15.2. The van der Waals surface area contributed by atoms with Gasteiger partial charge in [-0.05, 0) is 38.5 Å². The Labute approximate surface area is 363 Å². The number of carboxylic acids is 2. The average Bonchev–Trinajstić information content (AvgIpc) is 3.23. The first-order valence-corrected chi connectivity index (χ1v) is 22.6. The van der Waals surface area contributed by atoms with Crippen LogP contribution in [0.4, 0.5) is 0 Å². The van der Waals surface area contributed by atoms with Crippen LogP contribution in [0, 0.1) is 0 Å². The molecule has 0 fully saturated rings. The van der Waals surface area contributed by atoms with Crippen LogP contribution >= 0.6 is 0 Å². The van der Waals surface area contributed by atoms with Crippen molar-refractivity contribution in [1.29, 1.82) is 0 Å². The van der Waals surface area contributed by atoms with Crippen LogP contribution < -0.4 is 27.0 Å². The van der Waals surface area contributed by atoms with E-state index in [1.807, 2.05) is 0 Å². The topological polar surface area (TPSA) is 271 Å². The molecule has 0 aliphatic carbocycles. The highest BCUT2D eigenvalue weighted by Crippen LogP contribution is 2.14. The second-order valence-corrected chi connectivity index (χ2v) is 15.2. The third kappa shape index (κ3) is 42.8. The Morgan fingerprint density at radius 3 is 1.34 bits per heavy atom. The Balaban J connectivity index is 3.63. The number of rotatable bonds is 46. The van der Waals surface area contributed by atoms with E-state index in [0.717, 1.165) is 51.4 Å². The van der Waals surface area contributed by atoms with Crippen LogP contribution in [0.2, 0.25) is 0 Å². The fourth-order valence-corrected chi connectivity index (χ4v) is 6.12. The van der Waals surface area contributed by atoms with Gasteiger partial charge in [0.2, 0.25) is 23.6 Å². The van der Waals surface area contributed by atoms with Crippen molar-refractivity contribution in [3.63, 3.8) is 0 Å². The van der Waals surface area contributed by atoms with Gasteiger partial charge < -0.3 is 61.0 Å². The number of hydrogen-bond donors (Lipinski definition) is 7. The highest BCUT2D eigenvalue weighted by Gasteiger charge is 2.20. The minimum Gasteiger partial charge on any atom is -0.481 e. The molecule has 0 heterocycles. The summed E-state index contributed by atoms with van der Waals surface area (Å²) in [4.78, 5) is 80.8. The number of amides is 4. The number of nitrogens with one attached hydrogen (secondary N) is 4. The molecule has 0 aliphatic rings. The van der Waals surface area contributed by atoms with Gasteiger partial charge in [0.25, 0.3) is 0 Å². The van der Waals surface area contributed by atoms with Crippen molar-refractivity contribution >= 4 is 41.9 Å². The van der Waals surface area contributed by atoms with Crippen molar-refractivity contribution in [2.24, 2.45) is 5.73 Å². The molecule has 4 amide bonds. The quantitative estimate of drug-likeness (QED) is 0.0341. The number of nitrogens with two attached hydrogens (primary N) is 1. The van der Waals surface area contributed by atoms with Gasteiger partial charge in [-0.25, -0.2) is 4.79 Å². The van der Waals surface area contributed by atoms with Crippen molar-refractivity contribution in [1.82, 2.24) is 21.3 Å². The molecule has 0 saturated heterocycles. The Morgan fingerprint density at radius 1 is 0.459 bits per heavy atom. The molecule has 0 aromatic heterocycles. The van der Waals surface area contributed by atoms with Crippen LogP contribution in [0.3, 0.4) is 0 Å². The van der Waals surface area contributed by atoms with Crippen molar-refractivity contribution in [3.8, 4) is 0 Å². The maximum atomic E-state index is 12.3. The molecule has 2 unspecified atom stereocenters. The average molecular weight is 874 g/mol. The lowest BCUT2D eigenvalue weighted by Crippen LogP contribution is -2.41. The number of unbranched alkanes of at least 4 members (excludes halogenated alkanes) is 16. The number of aldehydes is 1. The first-order chi connectivity index (χ1) is 29.5. The first-order valence-electron chi connectivity index (χ1n) is 22.6. The van der Waals surface area contributed by atoms with E-state index in [9.17, 15) is 38.7 Å². The van der Waals surface area contributed by atoms with Gasteiger partial charge in [0.15, 0.2) is 0 Å². The summed E-state index contributed by atoms with van der Waals surface area (Å²) in [5, 5.41) is 28.7. The summed E-state index contributed by atoms with van der Waals surface area (Å²) in [6.07, 6.45) is 21.1. The molecule has 61 heavy (non-hydrogen) atoms. The van der Waals surface area contributed by atoms with E-state index >= 15 is 0 Å². The number of hydrogen-bond acceptors (Lipinski definition) is 12. The molecule has 18 heteroatoms. The van der Waals surface area contributed by atoms with Crippen LogP contribution in [-0.2, 0) is 52.5 Å². The minimum absolute atomic E-state index is 0.0236. The largest absolute Gasteiger partial charge is 0.481 e. The van der Waals surface area contributed by atoms with E-state index in [1.165, 1.54) is 57.8 Å². The van der Waals surface area contributed by atoms with Crippen LogP contribution in [0.15, 0.2) is 0 Å². The molecule has 0 bridgehead atoms. The van der Waals surface area contributed by atoms with Gasteiger partial charge >= 0.3 is 11.9 Å². The summed E-state index contributed by atoms with van der Waals surface area (Å²) in [7, 11) is 0. The van der Waals surface area contributed by atoms with Gasteiger partial charge in [0, 0.05) is 38.9 Å². The summed E-state index contributed by atoms with van der Waals surface area (Å²) >= 11 is 0. The standard InChI is InChI=1S/C43H79N5O13/c44-36(33-49)19-17-18-24-45-40(52)34-60-31-30-59-28-26-47-41(53)35-61-32-29-58-27-25-46-38(50)23-22-37(43(56)57)48-39(51)20-15-13-11-9-7-5-3-1-2-4-6-8-10-12-14-16-21-42(54)55/h33,36-37H,1-32,34-35,44H2,(H,45,52)(H,46,50)(H,47,53)(H,48,51)(H,54,55)(H,56,57). The zero-order chi connectivity index (χ0) is 45.0. The van der Waals surface area contributed by atoms with Crippen LogP contribution in [0.1, 0.15) is 148 Å². The fraction of sp³-hybridized carbons (Fsp3) is 0.837. The fourth-order valence-electron chi connectivity index (χ4n) is 6.12. The molecule has 0 rings (SSSR count). The number of aliphatic carboxylic acids is 2. The lowest BCUT2D eigenvalue weighted by Gasteiger charge is -2.14. The van der Waals surface area contributed by atoms with E-state index in [-0.39, 0.29) is 115 Å². The predicted molar refractivity (Wildman–Crippen MR) is 230 cm³/mol. The van der Waals surface area contributed by atoms with Gasteiger partial charge in [-0.2, -0.15) is 0 Å². The molecule has 0 aromatic rings. The van der Waals surface area contributed by atoms with Gasteiger partial charge in [-0.3, -0.25) is 24.0 Å². The smallest absolute Gasteiger partial charge is 0.326 e. The van der Waals surface area contributed by atoms with E-state index in [0.29, 0.717) is 25.7 Å². The molecule has 354 valence electrons. The zero-order valence-electron chi connectivity index (χ0n) is 36.7. The normalized spacial score (nSPS) is 12.0. The maximum Gasteiger partial charge on any atom is 0.326 e. The van der Waals surface area contributed by atoms with E-state index in [1.54, 1.807) is 0 Å². The zero-order valence-corrected chi connectivity index (χ0v) is 36.7. The number of carbonyl (C=O) groups excluding carboxylic acids is 5. The molecule has 0 aliphatic heterocycles. The summed E-state index contributed by atoms with van der Waals surface area (Å²) in [5.41, 5.74) is 5.51. The molecule has 0 radical (unpaired) electrons. The Morgan fingerprint density at radius 2 is 0.885 bits per heavy atom. The van der Waals surface area contributed by atoms with Crippen molar-refractivity contribution < 1.29 is 62.7 Å². The third-order valence-electron chi connectivity index (χ3n) is 9.65. The molecule has 0 aromatic carbocycles. The lowest BCUT2D eigenvalue weighted by atomic mass is 10.0. The lowest BCUT2D eigenvalue weighted by molar-refractivity contribution is -0.142. The summed E-state index contributed by atoms with van der Waals surface area (Å²) in [6.45, 7) is 2.05. The SMILES string of the molecule is NC(C=O)CCCCNC(=O)COCCOCCNC(=O)COCCOCCNC(=O)CCC(NC(=O)CCCCCCCCCCCCCCCCCCC(=O)O)C(=O)O. The highest BCUT2D eigenvalue weighted by atomic mass is 16.5. The van der Waals surface area contributed by atoms with Gasteiger partial charge in [-0.1, -0.05) is 89.9 Å². The van der Waals surface area contributed by atoms with Crippen LogP contribution in [0.25, 0.3) is 0 Å². The van der Waals surface area contributed by atoms with Crippen molar-refractivity contribution in [2.45, 2.75) is 160 Å². The van der Waals surface area contributed by atoms with Gasteiger partial charge in [-0.15, -0.1) is 0 Å². The number of carboxylic acid groups (broad SMARTS) is 2. The Kier molecular flexibility index (Phi) is 40.3. The molecule has 2 atom stereocenters. The number of ether oxygens (including phenoxy) is 4. The van der Waals surface area contributed by atoms with Crippen LogP contribution in [0.5, 0.6) is 0 Å². The van der Waals surface area contributed by atoms with Crippen LogP contribution in [-0.4, -0.2) is 137 Å². The molecule has 0 saturated carbocycles. The molecule has 0 spiro atoms. The predicted octanol–water partition coefficient (Wildman–Crippen LogP) is 3.55. The molecule has 18 nitrogen and oxygen atoms in total. The van der Waals surface area contributed by atoms with E-state index < -0.39 is 24.0 Å². The maximum absolute atomic E-state index is 12.3. The van der Waals surface area contributed by atoms with Gasteiger partial charge in [0.1, 0.15) is 25.5 Å². The molecule has 8 N–H and O–H groups in total. The Bertz CT molecular complexity index is 1160. The molecular formula is C43H79N5O13.